The second kappa shape index (κ2) is 9.02. The molecule has 0 bridgehead atoms. The number of para-hydroxylation sites is 1. The van der Waals surface area contributed by atoms with Crippen molar-refractivity contribution in [2.24, 2.45) is 0 Å². The number of piperazine rings is 1. The minimum Gasteiger partial charge on any atom is -0.352 e. The molecular formula is C25H24ClFN6O. The van der Waals surface area contributed by atoms with E-state index in [0.29, 0.717) is 49.1 Å². The van der Waals surface area contributed by atoms with Crippen LogP contribution in [0.4, 0.5) is 10.2 Å². The second-order valence-electron chi connectivity index (χ2n) is 8.22. The summed E-state index contributed by atoms with van der Waals surface area (Å²) in [5.74, 6) is 0.724. The Morgan fingerprint density at radius 3 is 2.44 bits per heavy atom. The third-order valence-electron chi connectivity index (χ3n) is 6.10. The number of nitrogens with zero attached hydrogens (tertiary/aromatic N) is 6. The molecule has 2 aromatic carbocycles. The molecule has 0 spiro atoms. The number of hydrogen-bond donors (Lipinski definition) is 0. The number of rotatable bonds is 4. The average Bonchev–Trinajstić information content (AvgIpc) is 3.19. The van der Waals surface area contributed by atoms with Gasteiger partial charge in [-0.15, -0.1) is 0 Å². The molecule has 34 heavy (non-hydrogen) atoms. The van der Waals surface area contributed by atoms with Crippen LogP contribution in [0.3, 0.4) is 0 Å². The van der Waals surface area contributed by atoms with Crippen molar-refractivity contribution >= 4 is 34.4 Å². The van der Waals surface area contributed by atoms with Crippen molar-refractivity contribution in [3.8, 4) is 5.69 Å². The van der Waals surface area contributed by atoms with Crippen LogP contribution < -0.4 is 4.90 Å². The first-order valence-corrected chi connectivity index (χ1v) is 11.7. The number of fused-ring (bicyclic) bond motifs is 1. The summed E-state index contributed by atoms with van der Waals surface area (Å²) in [7, 11) is 0. The van der Waals surface area contributed by atoms with Crippen molar-refractivity contribution in [1.82, 2.24) is 24.6 Å². The quantitative estimate of drug-likeness (QED) is 0.434. The predicted molar refractivity (Wildman–Crippen MR) is 130 cm³/mol. The van der Waals surface area contributed by atoms with Crippen molar-refractivity contribution in [1.29, 1.82) is 0 Å². The summed E-state index contributed by atoms with van der Waals surface area (Å²) < 4.78 is 15.9. The molecule has 2 aromatic heterocycles. The topological polar surface area (TPSA) is 67.2 Å². The van der Waals surface area contributed by atoms with Gasteiger partial charge in [-0.25, -0.2) is 19.0 Å². The summed E-state index contributed by atoms with van der Waals surface area (Å²) in [6, 6.07) is 13.6. The average molecular weight is 479 g/mol. The summed E-state index contributed by atoms with van der Waals surface area (Å²) in [4.78, 5) is 26.3. The molecule has 1 saturated heterocycles. The van der Waals surface area contributed by atoms with Gasteiger partial charge in [0.2, 0.25) is 0 Å². The molecule has 0 N–H and O–H groups in total. The maximum Gasteiger partial charge on any atom is 0.256 e. The van der Waals surface area contributed by atoms with Gasteiger partial charge in [-0.1, -0.05) is 42.8 Å². The smallest absolute Gasteiger partial charge is 0.256 e. The Morgan fingerprint density at radius 1 is 1.03 bits per heavy atom. The highest BCUT2D eigenvalue weighted by Gasteiger charge is 2.27. The first kappa shape index (κ1) is 22.3. The molecule has 1 amide bonds. The summed E-state index contributed by atoms with van der Waals surface area (Å²) in [5, 5.41) is 6.20. The monoisotopic (exact) mass is 478 g/mol. The minimum absolute atomic E-state index is 0.102. The van der Waals surface area contributed by atoms with Crippen LogP contribution >= 0.6 is 11.6 Å². The van der Waals surface area contributed by atoms with Crippen LogP contribution in [-0.4, -0.2) is 56.7 Å². The molecule has 7 nitrogen and oxygen atoms in total. The molecule has 0 atom stereocenters. The van der Waals surface area contributed by atoms with Crippen LogP contribution in [0.2, 0.25) is 5.02 Å². The lowest BCUT2D eigenvalue weighted by atomic mass is 10.1. The molecule has 0 unspecified atom stereocenters. The fourth-order valence-electron chi connectivity index (χ4n) is 4.31. The van der Waals surface area contributed by atoms with Gasteiger partial charge in [-0.05, 0) is 31.2 Å². The number of aromatic nitrogens is 4. The molecule has 9 heteroatoms. The fraction of sp³-hybridized carbons (Fsp3) is 0.280. The molecule has 1 aliphatic rings. The molecule has 1 aliphatic heterocycles. The van der Waals surface area contributed by atoms with Crippen LogP contribution in [0.25, 0.3) is 16.7 Å². The third kappa shape index (κ3) is 3.88. The van der Waals surface area contributed by atoms with Gasteiger partial charge in [0, 0.05) is 32.6 Å². The number of carbonyl (C=O) groups excluding carboxylic acids is 1. The second-order valence-corrected chi connectivity index (χ2v) is 8.63. The van der Waals surface area contributed by atoms with Gasteiger partial charge in [-0.3, -0.25) is 4.79 Å². The minimum atomic E-state index is -0.498. The summed E-state index contributed by atoms with van der Waals surface area (Å²) >= 11 is 6.46. The van der Waals surface area contributed by atoms with Gasteiger partial charge >= 0.3 is 0 Å². The highest BCUT2D eigenvalue weighted by molar-refractivity contribution is 6.32. The fourth-order valence-corrected chi connectivity index (χ4v) is 4.53. The van der Waals surface area contributed by atoms with E-state index in [4.69, 9.17) is 26.7 Å². The Labute approximate surface area is 201 Å². The van der Waals surface area contributed by atoms with E-state index in [2.05, 4.69) is 4.90 Å². The zero-order valence-corrected chi connectivity index (χ0v) is 19.8. The van der Waals surface area contributed by atoms with Gasteiger partial charge in [0.25, 0.3) is 5.91 Å². The van der Waals surface area contributed by atoms with E-state index in [1.807, 2.05) is 38.1 Å². The van der Waals surface area contributed by atoms with Crippen LogP contribution in [0.1, 0.15) is 28.8 Å². The Balaban J connectivity index is 1.48. The number of hydrogen-bond acceptors (Lipinski definition) is 5. The van der Waals surface area contributed by atoms with Gasteiger partial charge in [0.05, 0.1) is 27.4 Å². The Kier molecular flexibility index (Phi) is 5.91. The standard InChI is InChI=1S/C25H24ClFN6O/c1-3-21-28-23(22-16(2)30-33(24(22)29-21)20-11-7-5-9-18(20)26)31-12-14-32(15-13-31)25(34)17-8-4-6-10-19(17)27/h4-11H,3,12-15H2,1-2H3. The zero-order valence-electron chi connectivity index (χ0n) is 19.0. The largest absolute Gasteiger partial charge is 0.352 e. The third-order valence-corrected chi connectivity index (χ3v) is 6.42. The van der Waals surface area contributed by atoms with Crippen LogP contribution in [-0.2, 0) is 6.42 Å². The van der Waals surface area contributed by atoms with E-state index >= 15 is 0 Å². The number of aryl methyl sites for hydroxylation is 2. The van der Waals surface area contributed by atoms with E-state index in [1.54, 1.807) is 21.7 Å². The SMILES string of the molecule is CCc1nc(N2CCN(C(=O)c3ccccc3F)CC2)c2c(C)nn(-c3ccccc3Cl)c2n1. The maximum atomic E-state index is 14.1. The van der Waals surface area contributed by atoms with E-state index in [9.17, 15) is 9.18 Å². The van der Waals surface area contributed by atoms with Gasteiger partial charge in [0.15, 0.2) is 5.65 Å². The number of anilines is 1. The van der Waals surface area contributed by atoms with Gasteiger partial charge < -0.3 is 9.80 Å². The number of amides is 1. The first-order chi connectivity index (χ1) is 16.5. The van der Waals surface area contributed by atoms with E-state index < -0.39 is 5.82 Å². The van der Waals surface area contributed by atoms with E-state index in [0.717, 1.165) is 22.6 Å². The molecule has 4 aromatic rings. The van der Waals surface area contributed by atoms with Crippen molar-refractivity contribution in [3.05, 3.63) is 76.5 Å². The lowest BCUT2D eigenvalue weighted by molar-refractivity contribution is 0.0742. The van der Waals surface area contributed by atoms with Gasteiger partial charge in [0.1, 0.15) is 17.5 Å². The van der Waals surface area contributed by atoms with Crippen molar-refractivity contribution in [2.75, 3.05) is 31.1 Å². The molecule has 0 saturated carbocycles. The molecule has 174 valence electrons. The number of halogens is 2. The molecule has 0 aliphatic carbocycles. The van der Waals surface area contributed by atoms with Crippen LogP contribution in [0.5, 0.6) is 0 Å². The lowest BCUT2D eigenvalue weighted by Gasteiger charge is -2.35. The van der Waals surface area contributed by atoms with Crippen molar-refractivity contribution in [3.63, 3.8) is 0 Å². The van der Waals surface area contributed by atoms with Crippen LogP contribution in [0.15, 0.2) is 48.5 Å². The first-order valence-electron chi connectivity index (χ1n) is 11.3. The highest BCUT2D eigenvalue weighted by atomic mass is 35.5. The van der Waals surface area contributed by atoms with E-state index in [1.165, 1.54) is 12.1 Å². The summed E-state index contributed by atoms with van der Waals surface area (Å²) in [5.41, 5.74) is 2.37. The molecule has 1 fully saturated rings. The van der Waals surface area contributed by atoms with E-state index in [-0.39, 0.29) is 11.5 Å². The van der Waals surface area contributed by atoms with Crippen molar-refractivity contribution in [2.45, 2.75) is 20.3 Å². The number of benzene rings is 2. The summed E-state index contributed by atoms with van der Waals surface area (Å²) in [6.07, 6.45) is 0.668. The maximum absolute atomic E-state index is 14.1. The Morgan fingerprint density at radius 2 is 1.74 bits per heavy atom. The highest BCUT2D eigenvalue weighted by Crippen LogP contribution is 2.31. The van der Waals surface area contributed by atoms with Crippen LogP contribution in [0, 0.1) is 12.7 Å². The normalized spacial score (nSPS) is 14.1. The molecule has 3 heterocycles. The van der Waals surface area contributed by atoms with Gasteiger partial charge in [-0.2, -0.15) is 5.10 Å². The molecular weight excluding hydrogens is 455 g/mol. The molecule has 0 radical (unpaired) electrons. The molecule has 5 rings (SSSR count). The zero-order chi connectivity index (χ0) is 23.8. The lowest BCUT2D eigenvalue weighted by Crippen LogP contribution is -2.49. The Bertz CT molecular complexity index is 1380. The predicted octanol–water partition coefficient (Wildman–Crippen LogP) is 4.44. The Hall–Kier alpha value is -3.52. The van der Waals surface area contributed by atoms with Crippen molar-refractivity contribution < 1.29 is 9.18 Å². The number of carbonyl (C=O) groups is 1. The summed E-state index contributed by atoms with van der Waals surface area (Å²) in [6.45, 7) is 6.04.